The van der Waals surface area contributed by atoms with Crippen molar-refractivity contribution in [1.82, 2.24) is 15.0 Å². The van der Waals surface area contributed by atoms with Gasteiger partial charge in [-0.25, -0.2) is 15.0 Å². The second-order valence-electron chi connectivity index (χ2n) is 12.5. The van der Waals surface area contributed by atoms with Gasteiger partial charge < -0.3 is 4.42 Å². The maximum absolute atomic E-state index is 6.49. The maximum atomic E-state index is 6.49. The van der Waals surface area contributed by atoms with Gasteiger partial charge in [-0.05, 0) is 63.4 Å². The molecule has 0 saturated heterocycles. The molecule has 0 bridgehead atoms. The lowest BCUT2D eigenvalue weighted by atomic mass is 9.55. The Balaban J connectivity index is 1.34. The number of furan rings is 1. The van der Waals surface area contributed by atoms with Crippen molar-refractivity contribution in [1.29, 1.82) is 0 Å². The standard InChI is InChI=1S/C39H31N3O/c1-38(2)31-18-12-11-17-27(31)28-22-30-29-21-26(19-20-33(29)43-34(30)23-32(28)39(38,3)4)37-41-35(24-13-7-5-8-14-24)40-36(42-37)25-15-9-6-10-16-25/h5-23H,1-4H3. The minimum Gasteiger partial charge on any atom is -0.456 e. The third-order valence-electron chi connectivity index (χ3n) is 9.69. The molecule has 0 aliphatic heterocycles. The zero-order valence-electron chi connectivity index (χ0n) is 24.7. The van der Waals surface area contributed by atoms with Gasteiger partial charge in [-0.15, -0.1) is 0 Å². The Morgan fingerprint density at radius 3 is 1.63 bits per heavy atom. The van der Waals surface area contributed by atoms with Gasteiger partial charge in [-0.3, -0.25) is 0 Å². The molecule has 0 unspecified atom stereocenters. The molecule has 208 valence electrons. The fraction of sp³-hybridized carbons (Fsp3) is 0.154. The summed E-state index contributed by atoms with van der Waals surface area (Å²) in [5, 5.41) is 2.15. The van der Waals surface area contributed by atoms with Crippen molar-refractivity contribution in [3.8, 4) is 45.3 Å². The predicted octanol–water partition coefficient (Wildman–Crippen LogP) is 10.0. The van der Waals surface area contributed by atoms with Crippen LogP contribution in [0.25, 0.3) is 67.2 Å². The summed E-state index contributed by atoms with van der Waals surface area (Å²) in [6.07, 6.45) is 0. The van der Waals surface area contributed by atoms with Crippen LogP contribution in [0.15, 0.2) is 120 Å². The van der Waals surface area contributed by atoms with Crippen molar-refractivity contribution in [3.63, 3.8) is 0 Å². The maximum Gasteiger partial charge on any atom is 0.164 e. The highest BCUT2D eigenvalue weighted by atomic mass is 16.3. The third kappa shape index (κ3) is 3.86. The summed E-state index contributed by atoms with van der Waals surface area (Å²) in [5.74, 6) is 1.93. The number of hydrogen-bond acceptors (Lipinski definition) is 4. The summed E-state index contributed by atoms with van der Waals surface area (Å²) < 4.78 is 6.49. The molecule has 5 aromatic carbocycles. The van der Waals surface area contributed by atoms with Crippen LogP contribution in [-0.4, -0.2) is 15.0 Å². The van der Waals surface area contributed by atoms with Crippen LogP contribution in [0, 0.1) is 0 Å². The van der Waals surface area contributed by atoms with E-state index in [1.807, 2.05) is 72.8 Å². The zero-order valence-corrected chi connectivity index (χ0v) is 24.7. The van der Waals surface area contributed by atoms with Gasteiger partial charge in [0.25, 0.3) is 0 Å². The molecule has 7 aromatic rings. The van der Waals surface area contributed by atoms with E-state index < -0.39 is 0 Å². The molecule has 2 aromatic heterocycles. The Morgan fingerprint density at radius 2 is 0.977 bits per heavy atom. The summed E-state index contributed by atoms with van der Waals surface area (Å²) in [6, 6.07) is 39.8. The Kier molecular flexibility index (Phi) is 5.48. The number of aromatic nitrogens is 3. The van der Waals surface area contributed by atoms with Crippen LogP contribution in [0.3, 0.4) is 0 Å². The van der Waals surface area contributed by atoms with Gasteiger partial charge in [0.2, 0.25) is 0 Å². The first-order valence-electron chi connectivity index (χ1n) is 14.8. The van der Waals surface area contributed by atoms with E-state index in [2.05, 4.69) is 70.2 Å². The lowest BCUT2D eigenvalue weighted by Crippen LogP contribution is -2.43. The lowest BCUT2D eigenvalue weighted by molar-refractivity contribution is 0.299. The number of benzene rings is 5. The summed E-state index contributed by atoms with van der Waals surface area (Å²) >= 11 is 0. The smallest absolute Gasteiger partial charge is 0.164 e. The summed E-state index contributed by atoms with van der Waals surface area (Å²) in [5.41, 5.74) is 9.75. The average Bonchev–Trinajstić information content (AvgIpc) is 3.41. The Morgan fingerprint density at radius 1 is 0.442 bits per heavy atom. The van der Waals surface area contributed by atoms with Crippen LogP contribution in [0.1, 0.15) is 38.8 Å². The Bertz CT molecular complexity index is 2120. The van der Waals surface area contributed by atoms with Crippen molar-refractivity contribution in [2.75, 3.05) is 0 Å². The van der Waals surface area contributed by atoms with E-state index in [1.54, 1.807) is 0 Å². The van der Waals surface area contributed by atoms with Gasteiger partial charge in [0.1, 0.15) is 11.2 Å². The van der Waals surface area contributed by atoms with E-state index in [9.17, 15) is 0 Å². The molecule has 0 N–H and O–H groups in total. The van der Waals surface area contributed by atoms with E-state index in [0.717, 1.165) is 38.6 Å². The normalized spacial score (nSPS) is 14.9. The molecule has 0 radical (unpaired) electrons. The molecule has 4 nitrogen and oxygen atoms in total. The number of fused-ring (bicyclic) bond motifs is 6. The summed E-state index contributed by atoms with van der Waals surface area (Å²) in [6.45, 7) is 9.41. The van der Waals surface area contributed by atoms with Crippen LogP contribution in [0.4, 0.5) is 0 Å². The van der Waals surface area contributed by atoms with Crippen LogP contribution in [0.5, 0.6) is 0 Å². The van der Waals surface area contributed by atoms with Gasteiger partial charge >= 0.3 is 0 Å². The van der Waals surface area contributed by atoms with E-state index in [-0.39, 0.29) is 10.8 Å². The molecular formula is C39H31N3O. The first kappa shape index (κ1) is 25.6. The molecule has 0 atom stereocenters. The van der Waals surface area contributed by atoms with Crippen LogP contribution < -0.4 is 0 Å². The van der Waals surface area contributed by atoms with Gasteiger partial charge in [-0.1, -0.05) is 113 Å². The highest BCUT2D eigenvalue weighted by molar-refractivity contribution is 6.08. The Labute approximate surface area is 251 Å². The van der Waals surface area contributed by atoms with Crippen molar-refractivity contribution in [3.05, 3.63) is 126 Å². The average molecular weight is 558 g/mol. The quantitative estimate of drug-likeness (QED) is 0.217. The molecule has 43 heavy (non-hydrogen) atoms. The van der Waals surface area contributed by atoms with E-state index in [4.69, 9.17) is 19.4 Å². The second kappa shape index (κ2) is 9.20. The van der Waals surface area contributed by atoms with E-state index >= 15 is 0 Å². The molecular weight excluding hydrogens is 526 g/mol. The Hall–Kier alpha value is -5.09. The van der Waals surface area contributed by atoms with E-state index in [0.29, 0.717) is 17.5 Å². The predicted molar refractivity (Wildman–Crippen MR) is 175 cm³/mol. The monoisotopic (exact) mass is 557 g/mol. The fourth-order valence-corrected chi connectivity index (χ4v) is 6.58. The van der Waals surface area contributed by atoms with Crippen molar-refractivity contribution >= 4 is 21.9 Å². The van der Waals surface area contributed by atoms with E-state index in [1.165, 1.54) is 22.3 Å². The van der Waals surface area contributed by atoms with Gasteiger partial charge in [-0.2, -0.15) is 0 Å². The molecule has 8 rings (SSSR count). The van der Waals surface area contributed by atoms with Crippen LogP contribution >= 0.6 is 0 Å². The molecule has 0 saturated carbocycles. The first-order valence-corrected chi connectivity index (χ1v) is 14.8. The highest BCUT2D eigenvalue weighted by Gasteiger charge is 2.46. The molecule has 1 aliphatic carbocycles. The third-order valence-corrected chi connectivity index (χ3v) is 9.69. The van der Waals surface area contributed by atoms with Crippen LogP contribution in [-0.2, 0) is 10.8 Å². The topological polar surface area (TPSA) is 51.8 Å². The molecule has 0 amide bonds. The van der Waals surface area contributed by atoms with Crippen molar-refractivity contribution in [2.45, 2.75) is 38.5 Å². The lowest BCUT2D eigenvalue weighted by Gasteiger charge is -2.48. The zero-order chi connectivity index (χ0) is 29.3. The van der Waals surface area contributed by atoms with Gasteiger partial charge in [0.15, 0.2) is 17.5 Å². The summed E-state index contributed by atoms with van der Waals surface area (Å²) in [7, 11) is 0. The summed E-state index contributed by atoms with van der Waals surface area (Å²) in [4.78, 5) is 14.8. The SMILES string of the molecule is CC1(C)c2ccccc2-c2cc3c(cc2C1(C)C)oc1ccc(-c2nc(-c4ccccc4)nc(-c4ccccc4)n2)cc13. The number of nitrogens with zero attached hydrogens (tertiary/aromatic N) is 3. The molecule has 4 heteroatoms. The molecule has 0 fully saturated rings. The molecule has 2 heterocycles. The second-order valence-corrected chi connectivity index (χ2v) is 12.5. The fourth-order valence-electron chi connectivity index (χ4n) is 6.58. The number of rotatable bonds is 3. The number of hydrogen-bond donors (Lipinski definition) is 0. The largest absolute Gasteiger partial charge is 0.456 e. The van der Waals surface area contributed by atoms with Crippen molar-refractivity contribution in [2.24, 2.45) is 0 Å². The minimum absolute atomic E-state index is 0.0327. The van der Waals surface area contributed by atoms with Gasteiger partial charge in [0, 0.05) is 27.5 Å². The van der Waals surface area contributed by atoms with Crippen LogP contribution in [0.2, 0.25) is 0 Å². The molecule has 1 aliphatic rings. The van der Waals surface area contributed by atoms with Gasteiger partial charge in [0.05, 0.1) is 0 Å². The molecule has 0 spiro atoms. The van der Waals surface area contributed by atoms with Crippen molar-refractivity contribution < 1.29 is 4.42 Å². The first-order chi connectivity index (χ1) is 20.8. The minimum atomic E-state index is -0.0818. The highest BCUT2D eigenvalue weighted by Crippen LogP contribution is 2.55.